The number of aromatic nitrogens is 2. The standard InChI is InChI=1S/C17H13FN4O4S2/c1-2-6-21-16(24)11-5-7-27-15(11)20-17(21)28-9-14(23)19-10-3-4-12(18)13(8-10)22(25)26/h2-5,7-8H,1,6,9H2,(H,19,23). The van der Waals surface area contributed by atoms with E-state index in [-0.39, 0.29) is 23.5 Å². The van der Waals surface area contributed by atoms with Crippen molar-refractivity contribution >= 4 is 50.6 Å². The molecule has 144 valence electrons. The van der Waals surface area contributed by atoms with Crippen LogP contribution in [-0.4, -0.2) is 26.1 Å². The number of hydrogen-bond acceptors (Lipinski definition) is 7. The fraction of sp³-hybridized carbons (Fsp3) is 0.118. The number of carbonyl (C=O) groups excluding carboxylic acids is 1. The van der Waals surface area contributed by atoms with E-state index in [4.69, 9.17) is 0 Å². The number of anilines is 1. The van der Waals surface area contributed by atoms with Crippen LogP contribution in [-0.2, 0) is 11.3 Å². The second-order valence-corrected chi connectivity index (χ2v) is 7.34. The van der Waals surface area contributed by atoms with Crippen LogP contribution >= 0.6 is 23.1 Å². The molecule has 11 heteroatoms. The Labute approximate surface area is 165 Å². The van der Waals surface area contributed by atoms with E-state index >= 15 is 0 Å². The number of fused-ring (bicyclic) bond motifs is 1. The van der Waals surface area contributed by atoms with Gasteiger partial charge in [0.1, 0.15) is 4.83 Å². The van der Waals surface area contributed by atoms with Gasteiger partial charge in [0.2, 0.25) is 11.7 Å². The minimum atomic E-state index is -0.987. The molecular formula is C17H13FN4O4S2. The van der Waals surface area contributed by atoms with Gasteiger partial charge in [0.15, 0.2) is 5.16 Å². The zero-order valence-electron chi connectivity index (χ0n) is 14.3. The molecule has 1 aromatic carbocycles. The molecule has 2 heterocycles. The maximum Gasteiger partial charge on any atom is 0.306 e. The summed E-state index contributed by atoms with van der Waals surface area (Å²) in [7, 11) is 0. The number of hydrogen-bond donors (Lipinski definition) is 1. The topological polar surface area (TPSA) is 107 Å². The summed E-state index contributed by atoms with van der Waals surface area (Å²) in [5.74, 6) is -1.55. The van der Waals surface area contributed by atoms with E-state index in [2.05, 4.69) is 16.9 Å². The van der Waals surface area contributed by atoms with Crippen LogP contribution in [0.5, 0.6) is 0 Å². The van der Waals surface area contributed by atoms with Crippen LogP contribution in [0.4, 0.5) is 15.8 Å². The predicted octanol–water partition coefficient (Wildman–Crippen LogP) is 3.42. The second-order valence-electron chi connectivity index (χ2n) is 5.50. The maximum atomic E-state index is 13.4. The number of nitro benzene ring substituents is 1. The molecule has 0 saturated heterocycles. The third-order valence-electron chi connectivity index (χ3n) is 3.62. The predicted molar refractivity (Wildman–Crippen MR) is 106 cm³/mol. The zero-order valence-corrected chi connectivity index (χ0v) is 15.9. The van der Waals surface area contributed by atoms with Gasteiger partial charge in [-0.3, -0.25) is 24.3 Å². The Bertz CT molecular complexity index is 1140. The molecular weight excluding hydrogens is 407 g/mol. The van der Waals surface area contributed by atoms with Crippen LogP contribution < -0.4 is 10.9 Å². The van der Waals surface area contributed by atoms with Crippen LogP contribution in [0.25, 0.3) is 10.2 Å². The monoisotopic (exact) mass is 420 g/mol. The number of benzene rings is 1. The Morgan fingerprint density at radius 2 is 2.25 bits per heavy atom. The first-order chi connectivity index (χ1) is 13.4. The number of nitrogens with one attached hydrogen (secondary N) is 1. The fourth-order valence-corrected chi connectivity index (χ4v) is 4.00. The molecule has 0 radical (unpaired) electrons. The van der Waals surface area contributed by atoms with Gasteiger partial charge in [-0.25, -0.2) is 4.98 Å². The number of thiophene rings is 1. The number of halogens is 1. The molecule has 8 nitrogen and oxygen atoms in total. The average molecular weight is 420 g/mol. The molecule has 3 rings (SSSR count). The van der Waals surface area contributed by atoms with Gasteiger partial charge in [-0.05, 0) is 23.6 Å². The molecule has 2 aromatic heterocycles. The Morgan fingerprint density at radius 1 is 1.46 bits per heavy atom. The van der Waals surface area contributed by atoms with Crippen molar-refractivity contribution in [3.63, 3.8) is 0 Å². The van der Waals surface area contributed by atoms with E-state index in [0.29, 0.717) is 15.4 Å². The number of amides is 1. The third-order valence-corrected chi connectivity index (χ3v) is 5.40. The highest BCUT2D eigenvalue weighted by Gasteiger charge is 2.17. The largest absolute Gasteiger partial charge is 0.325 e. The molecule has 0 spiro atoms. The van der Waals surface area contributed by atoms with Crippen LogP contribution in [0, 0.1) is 15.9 Å². The molecule has 0 bridgehead atoms. The lowest BCUT2D eigenvalue weighted by atomic mass is 10.2. The summed E-state index contributed by atoms with van der Waals surface area (Å²) in [4.78, 5) is 39.6. The maximum absolute atomic E-state index is 13.4. The molecule has 1 amide bonds. The van der Waals surface area contributed by atoms with E-state index in [0.717, 1.165) is 23.9 Å². The quantitative estimate of drug-likeness (QED) is 0.206. The van der Waals surface area contributed by atoms with E-state index < -0.39 is 22.3 Å². The molecule has 28 heavy (non-hydrogen) atoms. The molecule has 0 atom stereocenters. The number of thioether (sulfide) groups is 1. The van der Waals surface area contributed by atoms with Crippen molar-refractivity contribution in [3.8, 4) is 0 Å². The summed E-state index contributed by atoms with van der Waals surface area (Å²) in [6.07, 6.45) is 1.56. The van der Waals surface area contributed by atoms with Gasteiger partial charge in [0, 0.05) is 18.3 Å². The highest BCUT2D eigenvalue weighted by molar-refractivity contribution is 7.99. The van der Waals surface area contributed by atoms with Crippen molar-refractivity contribution in [3.05, 3.63) is 68.6 Å². The number of carbonyl (C=O) groups is 1. The summed E-state index contributed by atoms with van der Waals surface area (Å²) in [6, 6.07) is 4.78. The van der Waals surface area contributed by atoms with Crippen LogP contribution in [0.2, 0.25) is 0 Å². The highest BCUT2D eigenvalue weighted by atomic mass is 32.2. The normalized spacial score (nSPS) is 10.8. The van der Waals surface area contributed by atoms with E-state index in [1.807, 2.05) is 0 Å². The minimum Gasteiger partial charge on any atom is -0.325 e. The fourth-order valence-electron chi connectivity index (χ4n) is 2.39. The van der Waals surface area contributed by atoms with Crippen molar-refractivity contribution in [2.45, 2.75) is 11.7 Å². The molecule has 0 unspecified atom stereocenters. The van der Waals surface area contributed by atoms with Gasteiger partial charge in [-0.2, -0.15) is 4.39 Å². The lowest BCUT2D eigenvalue weighted by Crippen LogP contribution is -2.23. The Hall–Kier alpha value is -3.05. The van der Waals surface area contributed by atoms with Gasteiger partial charge in [-0.1, -0.05) is 17.8 Å². The van der Waals surface area contributed by atoms with Crippen molar-refractivity contribution in [1.29, 1.82) is 0 Å². The first kappa shape index (κ1) is 19.7. The molecule has 0 saturated carbocycles. The number of nitro groups is 1. The number of nitrogens with zero attached hydrogens (tertiary/aromatic N) is 3. The van der Waals surface area contributed by atoms with Crippen LogP contribution in [0.1, 0.15) is 0 Å². The Kier molecular flexibility index (Phi) is 5.85. The summed E-state index contributed by atoms with van der Waals surface area (Å²) in [5, 5.41) is 15.9. The molecule has 0 fully saturated rings. The van der Waals surface area contributed by atoms with Crippen molar-refractivity contribution in [1.82, 2.24) is 9.55 Å². The van der Waals surface area contributed by atoms with Gasteiger partial charge in [-0.15, -0.1) is 17.9 Å². The van der Waals surface area contributed by atoms with Crippen molar-refractivity contribution in [2.75, 3.05) is 11.1 Å². The molecule has 0 aliphatic carbocycles. The average Bonchev–Trinajstić information content (AvgIpc) is 3.13. The summed E-state index contributed by atoms with van der Waals surface area (Å²) < 4.78 is 14.8. The minimum absolute atomic E-state index is 0.0916. The summed E-state index contributed by atoms with van der Waals surface area (Å²) in [6.45, 7) is 3.87. The zero-order chi connectivity index (χ0) is 20.3. The molecule has 0 aliphatic rings. The van der Waals surface area contributed by atoms with E-state index in [9.17, 15) is 24.1 Å². The SMILES string of the molecule is C=CCn1c(SCC(=O)Nc2ccc(F)c([N+](=O)[O-])c2)nc2sccc2c1=O. The van der Waals surface area contributed by atoms with Crippen molar-refractivity contribution < 1.29 is 14.1 Å². The third kappa shape index (κ3) is 4.10. The van der Waals surface area contributed by atoms with Crippen molar-refractivity contribution in [2.24, 2.45) is 0 Å². The summed E-state index contributed by atoms with van der Waals surface area (Å²) in [5.41, 5.74) is -0.845. The molecule has 3 aromatic rings. The van der Waals surface area contributed by atoms with Gasteiger partial charge in [0.25, 0.3) is 5.56 Å². The smallest absolute Gasteiger partial charge is 0.306 e. The van der Waals surface area contributed by atoms with Crippen LogP contribution in [0.15, 0.2) is 52.3 Å². The van der Waals surface area contributed by atoms with Gasteiger partial charge < -0.3 is 5.32 Å². The van der Waals surface area contributed by atoms with E-state index in [1.54, 1.807) is 17.5 Å². The number of rotatable bonds is 7. The van der Waals surface area contributed by atoms with Gasteiger partial charge in [0.05, 0.1) is 16.1 Å². The van der Waals surface area contributed by atoms with Gasteiger partial charge >= 0.3 is 5.69 Å². The Balaban J connectivity index is 1.77. The van der Waals surface area contributed by atoms with E-state index in [1.165, 1.54) is 22.0 Å². The Morgan fingerprint density at radius 3 is 2.96 bits per heavy atom. The second kappa shape index (κ2) is 8.31. The lowest BCUT2D eigenvalue weighted by Gasteiger charge is -2.10. The lowest BCUT2D eigenvalue weighted by molar-refractivity contribution is -0.387. The molecule has 1 N–H and O–H groups in total. The first-order valence-electron chi connectivity index (χ1n) is 7.86. The van der Waals surface area contributed by atoms with Crippen LogP contribution in [0.3, 0.4) is 0 Å². The molecule has 0 aliphatic heterocycles. The summed E-state index contributed by atoms with van der Waals surface area (Å²) >= 11 is 2.37. The number of allylic oxidation sites excluding steroid dienone is 1. The highest BCUT2D eigenvalue weighted by Crippen LogP contribution is 2.23. The first-order valence-corrected chi connectivity index (χ1v) is 9.72.